The van der Waals surface area contributed by atoms with Gasteiger partial charge < -0.3 is 21.3 Å². The number of nitrogens with two attached hydrogens (primary N) is 1. The number of carbonyl (C=O) groups excluding carboxylic acids is 2. The lowest BCUT2D eigenvalue weighted by Gasteiger charge is -2.39. The minimum Gasteiger partial charge on any atom is -0.378 e. The van der Waals surface area contributed by atoms with E-state index in [1.54, 1.807) is 6.92 Å². The van der Waals surface area contributed by atoms with E-state index in [1.165, 1.54) is 6.92 Å². The Bertz CT molecular complexity index is 1320. The molecule has 0 spiro atoms. The maximum atomic E-state index is 12.5. The average molecular weight is 467 g/mol. The highest BCUT2D eigenvalue weighted by atomic mass is 16.2. The molecule has 0 fully saturated rings. The van der Waals surface area contributed by atoms with Crippen molar-refractivity contribution in [1.29, 1.82) is 0 Å². The number of nitrogens with zero attached hydrogens (tertiary/aromatic N) is 1. The van der Waals surface area contributed by atoms with E-state index in [0.29, 0.717) is 6.54 Å². The van der Waals surface area contributed by atoms with E-state index in [9.17, 15) is 9.59 Å². The van der Waals surface area contributed by atoms with Gasteiger partial charge in [-0.2, -0.15) is 0 Å². The summed E-state index contributed by atoms with van der Waals surface area (Å²) in [6.07, 6.45) is 0.765. The summed E-state index contributed by atoms with van der Waals surface area (Å²) in [5.41, 5.74) is 12.1. The number of carbonyl (C=O) groups is 2. The van der Waals surface area contributed by atoms with Gasteiger partial charge in [0, 0.05) is 42.5 Å². The predicted octanol–water partition coefficient (Wildman–Crippen LogP) is 4.92. The third-order valence-corrected chi connectivity index (χ3v) is 6.07. The molecule has 0 saturated heterocycles. The number of hydrogen-bond acceptors (Lipinski definition) is 4. The van der Waals surface area contributed by atoms with Crippen LogP contribution in [0.4, 0.5) is 17.1 Å². The zero-order valence-electron chi connectivity index (χ0n) is 20.3. The van der Waals surface area contributed by atoms with Gasteiger partial charge in [0.1, 0.15) is 0 Å². The largest absolute Gasteiger partial charge is 0.378 e. The summed E-state index contributed by atoms with van der Waals surface area (Å²) >= 11 is 0. The molecule has 4 N–H and O–H groups in total. The van der Waals surface area contributed by atoms with Crippen molar-refractivity contribution in [3.8, 4) is 23.0 Å². The summed E-state index contributed by atoms with van der Waals surface area (Å²) in [6, 6.07) is 22.0. The highest BCUT2D eigenvalue weighted by Crippen LogP contribution is 2.41. The monoisotopic (exact) mass is 466 g/mol. The molecule has 4 rings (SSSR count). The topological polar surface area (TPSA) is 87.5 Å². The van der Waals surface area contributed by atoms with E-state index in [-0.39, 0.29) is 23.9 Å². The highest BCUT2D eigenvalue weighted by molar-refractivity contribution is 5.94. The van der Waals surface area contributed by atoms with E-state index in [4.69, 9.17) is 5.73 Å². The molecule has 6 heteroatoms. The molecule has 0 radical (unpaired) electrons. The molecule has 2 amide bonds. The molecule has 0 bridgehead atoms. The molecular formula is C29H30N4O2. The second-order valence-electron chi connectivity index (χ2n) is 8.79. The molecule has 0 unspecified atom stereocenters. The Morgan fingerprint density at radius 2 is 1.74 bits per heavy atom. The standard InChI is InChI=1S/C29H30N4O2/c1-19-15-28(32-25-10-4-7-22(16-25)8-6-14-30)27-18-24(12-13-29(27)33(19)21(3)35)23-9-5-11-26(17-23)31-20(2)34/h4-5,7,9-13,16-19,28,32H,14-15,30H2,1-3H3,(H,31,34)/t19-,28+/m0/s1. The first-order chi connectivity index (χ1) is 16.9. The van der Waals surface area contributed by atoms with E-state index in [2.05, 4.69) is 35.5 Å². The van der Waals surface area contributed by atoms with Crippen molar-refractivity contribution in [2.45, 2.75) is 39.3 Å². The fraction of sp³-hybridized carbons (Fsp3) is 0.241. The molecule has 0 aliphatic carbocycles. The first kappa shape index (κ1) is 24.1. The van der Waals surface area contributed by atoms with Crippen molar-refractivity contribution in [3.63, 3.8) is 0 Å². The lowest BCUT2D eigenvalue weighted by Crippen LogP contribution is -2.43. The maximum absolute atomic E-state index is 12.5. The molecule has 35 heavy (non-hydrogen) atoms. The van der Waals surface area contributed by atoms with Gasteiger partial charge in [-0.1, -0.05) is 36.1 Å². The van der Waals surface area contributed by atoms with Crippen molar-refractivity contribution in [3.05, 3.63) is 77.9 Å². The van der Waals surface area contributed by atoms with Crippen LogP contribution in [0.15, 0.2) is 66.7 Å². The van der Waals surface area contributed by atoms with Crippen LogP contribution in [-0.4, -0.2) is 24.4 Å². The molecule has 3 aromatic carbocycles. The maximum Gasteiger partial charge on any atom is 0.224 e. The molecular weight excluding hydrogens is 436 g/mol. The fourth-order valence-corrected chi connectivity index (χ4v) is 4.68. The van der Waals surface area contributed by atoms with Gasteiger partial charge in [0.15, 0.2) is 0 Å². The second kappa shape index (κ2) is 10.5. The van der Waals surface area contributed by atoms with Gasteiger partial charge in [-0.15, -0.1) is 0 Å². The Labute approximate surface area is 206 Å². The molecule has 1 aliphatic rings. The second-order valence-corrected chi connectivity index (χ2v) is 8.79. The summed E-state index contributed by atoms with van der Waals surface area (Å²) < 4.78 is 0. The van der Waals surface area contributed by atoms with Crippen molar-refractivity contribution in [2.75, 3.05) is 22.1 Å². The van der Waals surface area contributed by atoms with Crippen molar-refractivity contribution in [2.24, 2.45) is 5.73 Å². The molecule has 0 aromatic heterocycles. The van der Waals surface area contributed by atoms with E-state index >= 15 is 0 Å². The summed E-state index contributed by atoms with van der Waals surface area (Å²) in [5.74, 6) is 5.90. The zero-order valence-corrected chi connectivity index (χ0v) is 20.3. The smallest absolute Gasteiger partial charge is 0.224 e. The lowest BCUT2D eigenvalue weighted by atomic mass is 9.88. The SMILES string of the molecule is CC(=O)Nc1cccc(-c2ccc3c(c2)[C@H](Nc2cccc(C#CCN)c2)C[C@H](C)N3C(C)=O)c1. The van der Waals surface area contributed by atoms with Gasteiger partial charge in [0.2, 0.25) is 11.8 Å². The number of fused-ring (bicyclic) bond motifs is 1. The molecule has 3 aromatic rings. The van der Waals surface area contributed by atoms with E-state index in [0.717, 1.165) is 45.7 Å². The number of benzene rings is 3. The van der Waals surface area contributed by atoms with Crippen LogP contribution in [0.2, 0.25) is 0 Å². The van der Waals surface area contributed by atoms with Crippen LogP contribution in [0.5, 0.6) is 0 Å². The Morgan fingerprint density at radius 1 is 1.00 bits per heavy atom. The molecule has 6 nitrogen and oxygen atoms in total. The van der Waals surface area contributed by atoms with Crippen molar-refractivity contribution >= 4 is 28.9 Å². The number of anilines is 3. The molecule has 1 aliphatic heterocycles. The number of rotatable bonds is 4. The lowest BCUT2D eigenvalue weighted by molar-refractivity contribution is -0.117. The Hall–Kier alpha value is -4.08. The first-order valence-electron chi connectivity index (χ1n) is 11.7. The fourth-order valence-electron chi connectivity index (χ4n) is 4.68. The summed E-state index contributed by atoms with van der Waals surface area (Å²) in [5, 5.41) is 6.51. The van der Waals surface area contributed by atoms with Gasteiger partial charge in [0.05, 0.1) is 12.6 Å². The van der Waals surface area contributed by atoms with Crippen LogP contribution in [0.25, 0.3) is 11.1 Å². The molecule has 178 valence electrons. The Balaban J connectivity index is 1.74. The molecule has 1 heterocycles. The number of nitrogens with one attached hydrogen (secondary N) is 2. The molecule has 0 saturated carbocycles. The summed E-state index contributed by atoms with van der Waals surface area (Å²) in [4.78, 5) is 25.9. The number of amides is 2. The predicted molar refractivity (Wildman–Crippen MR) is 142 cm³/mol. The van der Waals surface area contributed by atoms with E-state index in [1.807, 2.05) is 65.6 Å². The first-order valence-corrected chi connectivity index (χ1v) is 11.7. The van der Waals surface area contributed by atoms with Gasteiger partial charge in [-0.05, 0) is 72.5 Å². The van der Waals surface area contributed by atoms with Crippen LogP contribution < -0.4 is 21.3 Å². The minimum atomic E-state index is -0.110. The van der Waals surface area contributed by atoms with Gasteiger partial charge in [-0.3, -0.25) is 9.59 Å². The van der Waals surface area contributed by atoms with Crippen LogP contribution in [0.1, 0.15) is 44.4 Å². The van der Waals surface area contributed by atoms with Crippen molar-refractivity contribution in [1.82, 2.24) is 0 Å². The Morgan fingerprint density at radius 3 is 2.49 bits per heavy atom. The van der Waals surface area contributed by atoms with Crippen LogP contribution in [0, 0.1) is 11.8 Å². The third kappa shape index (κ3) is 5.53. The highest BCUT2D eigenvalue weighted by Gasteiger charge is 2.32. The quantitative estimate of drug-likeness (QED) is 0.476. The van der Waals surface area contributed by atoms with Gasteiger partial charge in [-0.25, -0.2) is 0 Å². The van der Waals surface area contributed by atoms with Crippen LogP contribution in [-0.2, 0) is 9.59 Å². The minimum absolute atomic E-state index is 0.00629. The van der Waals surface area contributed by atoms with E-state index < -0.39 is 0 Å². The number of hydrogen-bond donors (Lipinski definition) is 3. The van der Waals surface area contributed by atoms with Gasteiger partial charge in [0.25, 0.3) is 0 Å². The summed E-state index contributed by atoms with van der Waals surface area (Å²) in [6.45, 7) is 5.50. The zero-order chi connectivity index (χ0) is 24.9. The van der Waals surface area contributed by atoms with Crippen LogP contribution in [0.3, 0.4) is 0 Å². The Kier molecular flexibility index (Phi) is 7.19. The normalized spacial score (nSPS) is 16.5. The third-order valence-electron chi connectivity index (χ3n) is 6.07. The molecule has 2 atom stereocenters. The van der Waals surface area contributed by atoms with Crippen molar-refractivity contribution < 1.29 is 9.59 Å². The van der Waals surface area contributed by atoms with Gasteiger partial charge >= 0.3 is 0 Å². The average Bonchev–Trinajstić information content (AvgIpc) is 2.82. The van der Waals surface area contributed by atoms with Crippen LogP contribution >= 0.6 is 0 Å². The summed E-state index contributed by atoms with van der Waals surface area (Å²) in [7, 11) is 0.